The van der Waals surface area contributed by atoms with Crippen LogP contribution in [0.15, 0.2) is 77.3 Å². The number of amides is 1. The van der Waals surface area contributed by atoms with E-state index in [2.05, 4.69) is 24.2 Å². The maximum Gasteiger partial charge on any atom is 0.266 e. The van der Waals surface area contributed by atoms with Crippen LogP contribution in [0.25, 0.3) is 21.5 Å². The van der Waals surface area contributed by atoms with Crippen molar-refractivity contribution in [2.24, 2.45) is 0 Å². The van der Waals surface area contributed by atoms with Crippen LogP contribution in [0, 0.1) is 6.92 Å². The second kappa shape index (κ2) is 9.41. The van der Waals surface area contributed by atoms with Gasteiger partial charge in [-0.15, -0.1) is 0 Å². The van der Waals surface area contributed by atoms with E-state index in [0.717, 1.165) is 22.2 Å². The maximum atomic E-state index is 14.1. The van der Waals surface area contributed by atoms with Crippen molar-refractivity contribution in [1.29, 1.82) is 0 Å². The van der Waals surface area contributed by atoms with Gasteiger partial charge in [0.1, 0.15) is 17.0 Å². The smallest absolute Gasteiger partial charge is 0.266 e. The maximum absolute atomic E-state index is 14.1. The lowest BCUT2D eigenvalue weighted by molar-refractivity contribution is 0.0984. The summed E-state index contributed by atoms with van der Waals surface area (Å²) in [6.07, 6.45) is 0.941. The number of hydrogen-bond donors (Lipinski definition) is 0. The number of hydrogen-bond acceptors (Lipinski definition) is 5. The lowest BCUT2D eigenvalue weighted by Gasteiger charge is -2.20. The fourth-order valence-corrected chi connectivity index (χ4v) is 5.13. The SMILES string of the molecule is CCc1ccc2nc(N(Cc3ccccc3)C(=O)c3c(-c4ccccc4Cl)noc3C)sc2c1. The quantitative estimate of drug-likeness (QED) is 0.251. The summed E-state index contributed by atoms with van der Waals surface area (Å²) in [5.74, 6) is 0.208. The fraction of sp³-hybridized carbons (Fsp3) is 0.148. The Bertz CT molecular complexity index is 1480. The average molecular weight is 488 g/mol. The summed E-state index contributed by atoms with van der Waals surface area (Å²) in [6.45, 7) is 4.24. The van der Waals surface area contributed by atoms with Crippen LogP contribution in [-0.2, 0) is 13.0 Å². The van der Waals surface area contributed by atoms with Crippen LogP contribution < -0.4 is 4.90 Å². The normalized spacial score (nSPS) is 11.1. The summed E-state index contributed by atoms with van der Waals surface area (Å²) in [5, 5.41) is 5.33. The van der Waals surface area contributed by atoms with Gasteiger partial charge in [-0.05, 0) is 42.7 Å². The van der Waals surface area contributed by atoms with Crippen molar-refractivity contribution in [2.75, 3.05) is 4.90 Å². The Morgan fingerprint density at radius 3 is 2.56 bits per heavy atom. The van der Waals surface area contributed by atoms with Gasteiger partial charge in [0.25, 0.3) is 5.91 Å². The van der Waals surface area contributed by atoms with E-state index in [1.165, 1.54) is 16.9 Å². The van der Waals surface area contributed by atoms with Crippen molar-refractivity contribution >= 4 is 44.2 Å². The second-order valence-electron chi connectivity index (χ2n) is 7.97. The molecule has 7 heteroatoms. The summed E-state index contributed by atoms with van der Waals surface area (Å²) < 4.78 is 6.53. The molecule has 2 aromatic heterocycles. The number of aromatic nitrogens is 2. The molecule has 0 aliphatic carbocycles. The zero-order valence-electron chi connectivity index (χ0n) is 18.8. The molecule has 0 fully saturated rings. The van der Waals surface area contributed by atoms with Crippen LogP contribution in [0.3, 0.4) is 0 Å². The van der Waals surface area contributed by atoms with Crippen LogP contribution in [0.1, 0.15) is 34.2 Å². The highest BCUT2D eigenvalue weighted by molar-refractivity contribution is 7.22. The van der Waals surface area contributed by atoms with Gasteiger partial charge >= 0.3 is 0 Å². The number of carbonyl (C=O) groups excluding carboxylic acids is 1. The molecule has 0 aliphatic heterocycles. The molecule has 5 nitrogen and oxygen atoms in total. The van der Waals surface area contributed by atoms with E-state index in [1.807, 2.05) is 54.6 Å². The Labute approximate surface area is 206 Å². The third-order valence-electron chi connectivity index (χ3n) is 5.71. The third-order valence-corrected chi connectivity index (χ3v) is 7.09. The minimum absolute atomic E-state index is 0.229. The van der Waals surface area contributed by atoms with Gasteiger partial charge in [0.15, 0.2) is 5.13 Å². The minimum Gasteiger partial charge on any atom is -0.360 e. The number of benzene rings is 3. The van der Waals surface area contributed by atoms with Gasteiger partial charge in [0, 0.05) is 5.56 Å². The number of nitrogens with zero attached hydrogens (tertiary/aromatic N) is 3. The largest absolute Gasteiger partial charge is 0.360 e. The molecule has 5 aromatic rings. The molecule has 0 aliphatic rings. The monoisotopic (exact) mass is 487 g/mol. The summed E-state index contributed by atoms with van der Waals surface area (Å²) >= 11 is 7.94. The van der Waals surface area contributed by atoms with Gasteiger partial charge in [0.2, 0.25) is 0 Å². The second-order valence-corrected chi connectivity index (χ2v) is 9.39. The highest BCUT2D eigenvalue weighted by Gasteiger charge is 2.29. The average Bonchev–Trinajstić information content (AvgIpc) is 3.45. The molecule has 34 heavy (non-hydrogen) atoms. The summed E-state index contributed by atoms with van der Waals surface area (Å²) in [5.41, 5.74) is 4.58. The molecule has 3 aromatic carbocycles. The number of anilines is 1. The van der Waals surface area contributed by atoms with E-state index in [-0.39, 0.29) is 5.91 Å². The molecule has 0 radical (unpaired) electrons. The first-order valence-corrected chi connectivity index (χ1v) is 12.2. The molecular formula is C27H22ClN3O2S. The molecular weight excluding hydrogens is 466 g/mol. The predicted molar refractivity (Wildman–Crippen MR) is 138 cm³/mol. The third kappa shape index (κ3) is 4.22. The molecule has 0 spiro atoms. The number of aryl methyl sites for hydroxylation is 2. The van der Waals surface area contributed by atoms with Crippen LogP contribution in [-0.4, -0.2) is 16.0 Å². The standard InChI is InChI=1S/C27H22ClN3O2S/c1-3-18-13-14-22-23(15-18)34-27(29-22)31(16-19-9-5-4-6-10-19)26(32)24-17(2)33-30-25(24)20-11-7-8-12-21(20)28/h4-15H,3,16H2,1-2H3. The van der Waals surface area contributed by atoms with E-state index < -0.39 is 0 Å². The predicted octanol–water partition coefficient (Wildman–Crippen LogP) is 7.32. The summed E-state index contributed by atoms with van der Waals surface area (Å²) in [4.78, 5) is 20.6. The van der Waals surface area contributed by atoms with Crippen molar-refractivity contribution < 1.29 is 9.32 Å². The number of thiazole rings is 1. The topological polar surface area (TPSA) is 59.2 Å². The van der Waals surface area contributed by atoms with Crippen molar-refractivity contribution in [2.45, 2.75) is 26.8 Å². The molecule has 0 unspecified atom stereocenters. The van der Waals surface area contributed by atoms with Gasteiger partial charge in [-0.2, -0.15) is 0 Å². The molecule has 5 rings (SSSR count). The van der Waals surface area contributed by atoms with Crippen LogP contribution in [0.5, 0.6) is 0 Å². The molecule has 1 amide bonds. The fourth-order valence-electron chi connectivity index (χ4n) is 3.88. The van der Waals surface area contributed by atoms with Gasteiger partial charge < -0.3 is 4.52 Å². The van der Waals surface area contributed by atoms with Crippen molar-refractivity contribution in [3.8, 4) is 11.3 Å². The van der Waals surface area contributed by atoms with Crippen molar-refractivity contribution in [1.82, 2.24) is 10.1 Å². The van der Waals surface area contributed by atoms with Crippen LogP contribution >= 0.6 is 22.9 Å². The highest BCUT2D eigenvalue weighted by atomic mass is 35.5. The molecule has 0 atom stereocenters. The molecule has 0 saturated carbocycles. The zero-order chi connectivity index (χ0) is 23.7. The Hall–Kier alpha value is -3.48. The number of rotatable bonds is 6. The van der Waals surface area contributed by atoms with Gasteiger partial charge in [0.05, 0.1) is 21.8 Å². The lowest BCUT2D eigenvalue weighted by Crippen LogP contribution is -2.31. The summed E-state index contributed by atoms with van der Waals surface area (Å²) in [7, 11) is 0. The van der Waals surface area contributed by atoms with E-state index in [1.54, 1.807) is 17.9 Å². The van der Waals surface area contributed by atoms with Crippen LogP contribution in [0.4, 0.5) is 5.13 Å². The Balaban J connectivity index is 1.63. The lowest BCUT2D eigenvalue weighted by atomic mass is 10.0. The Kier molecular flexibility index (Phi) is 6.18. The minimum atomic E-state index is -0.229. The number of halogens is 1. The first kappa shape index (κ1) is 22.3. The van der Waals surface area contributed by atoms with Crippen molar-refractivity contribution in [3.05, 3.63) is 100 Å². The van der Waals surface area contributed by atoms with Crippen molar-refractivity contribution in [3.63, 3.8) is 0 Å². The van der Waals surface area contributed by atoms with Crippen LogP contribution in [0.2, 0.25) is 5.02 Å². The summed E-state index contributed by atoms with van der Waals surface area (Å²) in [6, 6.07) is 23.4. The number of carbonyl (C=O) groups is 1. The highest BCUT2D eigenvalue weighted by Crippen LogP contribution is 2.35. The molecule has 0 N–H and O–H groups in total. The van der Waals surface area contributed by atoms with E-state index in [0.29, 0.717) is 39.3 Å². The molecule has 170 valence electrons. The Morgan fingerprint density at radius 2 is 1.79 bits per heavy atom. The van der Waals surface area contributed by atoms with Gasteiger partial charge in [-0.3, -0.25) is 9.69 Å². The molecule has 0 saturated heterocycles. The first-order chi connectivity index (χ1) is 16.5. The number of fused-ring (bicyclic) bond motifs is 1. The van der Waals surface area contributed by atoms with E-state index >= 15 is 0 Å². The van der Waals surface area contributed by atoms with E-state index in [4.69, 9.17) is 21.1 Å². The van der Waals surface area contributed by atoms with Gasteiger partial charge in [-0.25, -0.2) is 4.98 Å². The molecule has 0 bridgehead atoms. The zero-order valence-corrected chi connectivity index (χ0v) is 20.4. The Morgan fingerprint density at radius 1 is 1.03 bits per heavy atom. The molecule has 2 heterocycles. The van der Waals surface area contributed by atoms with Gasteiger partial charge in [-0.1, -0.05) is 89.6 Å². The van der Waals surface area contributed by atoms with E-state index in [9.17, 15) is 4.79 Å². The first-order valence-electron chi connectivity index (χ1n) is 11.0.